The molecular weight excluding hydrogens is 230 g/mol. The van der Waals surface area contributed by atoms with Crippen LogP contribution < -0.4 is 10.1 Å². The van der Waals surface area contributed by atoms with Crippen molar-refractivity contribution in [2.75, 3.05) is 12.4 Å². The fraction of sp³-hybridized carbons (Fsp3) is 0.143. The van der Waals surface area contributed by atoms with Gasteiger partial charge in [0.2, 0.25) is 0 Å². The van der Waals surface area contributed by atoms with E-state index in [-0.39, 0.29) is 11.5 Å². The summed E-state index contributed by atoms with van der Waals surface area (Å²) in [5.74, 6) is 0.863. The molecule has 0 aliphatic rings. The smallest absolute Gasteiger partial charge is 0.141 e. The van der Waals surface area contributed by atoms with Crippen molar-refractivity contribution in [3.05, 3.63) is 48.0 Å². The Bertz CT molecular complexity index is 540. The molecule has 2 aromatic rings. The average molecular weight is 245 g/mol. The fourth-order valence-corrected chi connectivity index (χ4v) is 1.68. The van der Waals surface area contributed by atoms with Crippen LogP contribution in [0.1, 0.15) is 5.56 Å². The number of para-hydroxylation sites is 2. The van der Waals surface area contributed by atoms with Gasteiger partial charge in [0.25, 0.3) is 0 Å². The van der Waals surface area contributed by atoms with Crippen LogP contribution in [0.5, 0.6) is 17.2 Å². The summed E-state index contributed by atoms with van der Waals surface area (Å²) >= 11 is 0. The minimum Gasteiger partial charge on any atom is -0.508 e. The second-order valence-corrected chi connectivity index (χ2v) is 3.87. The number of benzene rings is 2. The Morgan fingerprint density at radius 3 is 2.61 bits per heavy atom. The van der Waals surface area contributed by atoms with Crippen LogP contribution in [-0.2, 0) is 6.54 Å². The van der Waals surface area contributed by atoms with E-state index in [1.54, 1.807) is 19.2 Å². The summed E-state index contributed by atoms with van der Waals surface area (Å²) in [7, 11) is 1.61. The van der Waals surface area contributed by atoms with Crippen molar-refractivity contribution in [1.82, 2.24) is 0 Å². The molecule has 0 fully saturated rings. The molecule has 0 bridgehead atoms. The second kappa shape index (κ2) is 5.31. The van der Waals surface area contributed by atoms with E-state index in [1.165, 1.54) is 6.07 Å². The summed E-state index contributed by atoms with van der Waals surface area (Å²) in [5.41, 5.74) is 1.56. The Labute approximate surface area is 105 Å². The molecule has 0 heterocycles. The van der Waals surface area contributed by atoms with Crippen LogP contribution in [0, 0.1) is 0 Å². The van der Waals surface area contributed by atoms with Gasteiger partial charge in [0, 0.05) is 18.2 Å². The lowest BCUT2D eigenvalue weighted by Gasteiger charge is -2.11. The van der Waals surface area contributed by atoms with E-state index in [2.05, 4.69) is 5.32 Å². The number of hydrogen-bond donors (Lipinski definition) is 3. The number of hydrogen-bond acceptors (Lipinski definition) is 4. The van der Waals surface area contributed by atoms with Gasteiger partial charge < -0.3 is 20.3 Å². The number of aromatic hydroxyl groups is 2. The van der Waals surface area contributed by atoms with Gasteiger partial charge in [-0.25, -0.2) is 0 Å². The van der Waals surface area contributed by atoms with Gasteiger partial charge >= 0.3 is 0 Å². The summed E-state index contributed by atoms with van der Waals surface area (Å²) in [6, 6.07) is 12.1. The highest BCUT2D eigenvalue weighted by molar-refractivity contribution is 5.56. The minimum absolute atomic E-state index is 0.0496. The number of phenolic OH excluding ortho intramolecular Hbond substituents is 2. The SMILES string of the molecule is COc1ccccc1NCc1ccc(O)cc1O. The lowest BCUT2D eigenvalue weighted by Crippen LogP contribution is -2.01. The molecule has 0 amide bonds. The first kappa shape index (κ1) is 12.1. The van der Waals surface area contributed by atoms with Crippen molar-refractivity contribution >= 4 is 5.69 Å². The van der Waals surface area contributed by atoms with Gasteiger partial charge in [-0.15, -0.1) is 0 Å². The van der Waals surface area contributed by atoms with E-state index in [1.807, 2.05) is 24.3 Å². The Hall–Kier alpha value is -2.36. The van der Waals surface area contributed by atoms with E-state index in [4.69, 9.17) is 4.74 Å². The monoisotopic (exact) mass is 245 g/mol. The largest absolute Gasteiger partial charge is 0.508 e. The maximum absolute atomic E-state index is 9.66. The number of phenols is 2. The molecule has 0 aromatic heterocycles. The molecule has 94 valence electrons. The molecule has 4 nitrogen and oxygen atoms in total. The van der Waals surface area contributed by atoms with Crippen molar-refractivity contribution in [3.63, 3.8) is 0 Å². The molecule has 18 heavy (non-hydrogen) atoms. The first-order valence-electron chi connectivity index (χ1n) is 5.58. The second-order valence-electron chi connectivity index (χ2n) is 3.87. The Balaban J connectivity index is 2.11. The highest BCUT2D eigenvalue weighted by Crippen LogP contribution is 2.26. The Morgan fingerprint density at radius 2 is 1.89 bits per heavy atom. The predicted molar refractivity (Wildman–Crippen MR) is 70.1 cm³/mol. The third-order valence-electron chi connectivity index (χ3n) is 2.65. The van der Waals surface area contributed by atoms with Crippen molar-refractivity contribution < 1.29 is 14.9 Å². The zero-order chi connectivity index (χ0) is 13.0. The molecule has 2 aromatic carbocycles. The van der Waals surface area contributed by atoms with Crippen LogP contribution in [0.25, 0.3) is 0 Å². The Kier molecular flexibility index (Phi) is 3.57. The standard InChI is InChI=1S/C14H15NO3/c1-18-14-5-3-2-4-12(14)15-9-10-6-7-11(16)8-13(10)17/h2-8,15-17H,9H2,1H3. The van der Waals surface area contributed by atoms with Crippen LogP contribution in [0.2, 0.25) is 0 Å². The van der Waals surface area contributed by atoms with E-state index in [9.17, 15) is 10.2 Å². The van der Waals surface area contributed by atoms with Gasteiger partial charge in [-0.1, -0.05) is 12.1 Å². The van der Waals surface area contributed by atoms with Gasteiger partial charge in [-0.3, -0.25) is 0 Å². The first-order valence-corrected chi connectivity index (χ1v) is 5.58. The third kappa shape index (κ3) is 2.66. The summed E-state index contributed by atoms with van der Waals surface area (Å²) in [4.78, 5) is 0. The molecule has 0 unspecified atom stereocenters. The van der Waals surface area contributed by atoms with Gasteiger partial charge in [0.05, 0.1) is 12.8 Å². The molecule has 0 aliphatic heterocycles. The van der Waals surface area contributed by atoms with E-state index < -0.39 is 0 Å². The molecule has 2 rings (SSSR count). The van der Waals surface area contributed by atoms with Crippen LogP contribution >= 0.6 is 0 Å². The quantitative estimate of drug-likeness (QED) is 0.775. The summed E-state index contributed by atoms with van der Waals surface area (Å²) in [5, 5.41) is 22.0. The lowest BCUT2D eigenvalue weighted by molar-refractivity contribution is 0.416. The van der Waals surface area contributed by atoms with Crippen LogP contribution in [0.4, 0.5) is 5.69 Å². The zero-order valence-electron chi connectivity index (χ0n) is 10.1. The highest BCUT2D eigenvalue weighted by atomic mass is 16.5. The first-order chi connectivity index (χ1) is 8.70. The van der Waals surface area contributed by atoms with Crippen LogP contribution in [0.3, 0.4) is 0 Å². The van der Waals surface area contributed by atoms with Gasteiger partial charge in [0.15, 0.2) is 0 Å². The predicted octanol–water partition coefficient (Wildman–Crippen LogP) is 2.72. The lowest BCUT2D eigenvalue weighted by atomic mass is 10.2. The molecule has 0 saturated heterocycles. The van der Waals surface area contributed by atoms with E-state index in [0.29, 0.717) is 12.1 Å². The van der Waals surface area contributed by atoms with Crippen LogP contribution in [-0.4, -0.2) is 17.3 Å². The number of ether oxygens (including phenoxy) is 1. The summed E-state index contributed by atoms with van der Waals surface area (Å²) < 4.78 is 5.22. The highest BCUT2D eigenvalue weighted by Gasteiger charge is 2.04. The van der Waals surface area contributed by atoms with Crippen molar-refractivity contribution in [2.45, 2.75) is 6.54 Å². The molecular formula is C14H15NO3. The number of anilines is 1. The number of methoxy groups -OCH3 is 1. The fourth-order valence-electron chi connectivity index (χ4n) is 1.68. The normalized spacial score (nSPS) is 10.1. The number of nitrogens with one attached hydrogen (secondary N) is 1. The molecule has 4 heteroatoms. The number of rotatable bonds is 4. The average Bonchev–Trinajstić information content (AvgIpc) is 2.38. The molecule has 0 spiro atoms. The van der Waals surface area contributed by atoms with Gasteiger partial charge in [-0.05, 0) is 24.3 Å². The Morgan fingerprint density at radius 1 is 1.11 bits per heavy atom. The topological polar surface area (TPSA) is 61.7 Å². The van der Waals surface area contributed by atoms with E-state index in [0.717, 1.165) is 11.4 Å². The molecule has 0 aliphatic carbocycles. The molecule has 3 N–H and O–H groups in total. The zero-order valence-corrected chi connectivity index (χ0v) is 10.1. The molecule has 0 atom stereocenters. The molecule has 0 saturated carbocycles. The summed E-state index contributed by atoms with van der Waals surface area (Å²) in [6.07, 6.45) is 0. The maximum atomic E-state index is 9.66. The van der Waals surface area contributed by atoms with Gasteiger partial charge in [0.1, 0.15) is 17.2 Å². The van der Waals surface area contributed by atoms with E-state index >= 15 is 0 Å². The summed E-state index contributed by atoms with van der Waals surface area (Å²) in [6.45, 7) is 0.451. The van der Waals surface area contributed by atoms with Crippen molar-refractivity contribution in [1.29, 1.82) is 0 Å². The van der Waals surface area contributed by atoms with Crippen LogP contribution in [0.15, 0.2) is 42.5 Å². The maximum Gasteiger partial charge on any atom is 0.141 e. The third-order valence-corrected chi connectivity index (χ3v) is 2.65. The van der Waals surface area contributed by atoms with Crippen molar-refractivity contribution in [3.8, 4) is 17.2 Å². The van der Waals surface area contributed by atoms with Crippen molar-refractivity contribution in [2.24, 2.45) is 0 Å². The van der Waals surface area contributed by atoms with Gasteiger partial charge in [-0.2, -0.15) is 0 Å². The molecule has 0 radical (unpaired) electrons. The minimum atomic E-state index is 0.0496.